The molecule has 2 fully saturated rings. The summed E-state index contributed by atoms with van der Waals surface area (Å²) in [7, 11) is 0. The summed E-state index contributed by atoms with van der Waals surface area (Å²) in [6.07, 6.45) is 29.5. The maximum atomic E-state index is 14.2. The molecule has 0 saturated carbocycles. The number of hydrogen-bond acceptors (Lipinski definition) is 12. The van der Waals surface area contributed by atoms with Crippen molar-refractivity contribution >= 4 is 46.2 Å². The van der Waals surface area contributed by atoms with Gasteiger partial charge >= 0.3 is 5.97 Å². The van der Waals surface area contributed by atoms with Crippen molar-refractivity contribution < 1.29 is 65.6 Å². The molecular formula is C70H93ClF4N4O12. The zero-order valence-electron chi connectivity index (χ0n) is 53.6. The number of aromatic hydroxyl groups is 1. The average Bonchev–Trinajstić information content (AvgIpc) is 0.787. The number of ketones is 2. The Kier molecular flexibility index (Phi) is 30.6. The van der Waals surface area contributed by atoms with Crippen molar-refractivity contribution in [3.63, 3.8) is 0 Å². The van der Waals surface area contributed by atoms with Gasteiger partial charge in [-0.25, -0.2) is 17.6 Å². The minimum absolute atomic E-state index is 0.0388. The third-order valence-corrected chi connectivity index (χ3v) is 17.6. The Bertz CT molecular complexity index is 3230. The molecule has 0 spiro atoms. The zero-order chi connectivity index (χ0) is 66.0. The van der Waals surface area contributed by atoms with Crippen molar-refractivity contribution in [1.82, 2.24) is 18.9 Å². The van der Waals surface area contributed by atoms with E-state index in [-0.39, 0.29) is 96.2 Å². The number of unbranched alkanes of at least 4 members (excludes halogenated alkanes) is 20. The fourth-order valence-corrected chi connectivity index (χ4v) is 12.2. The van der Waals surface area contributed by atoms with Crippen molar-refractivity contribution in [2.75, 3.05) is 13.2 Å². The Morgan fingerprint density at radius 1 is 0.538 bits per heavy atom. The van der Waals surface area contributed by atoms with Crippen LogP contribution in [-0.4, -0.2) is 96.4 Å². The lowest BCUT2D eigenvalue weighted by molar-refractivity contribution is -0.134. The normalized spacial score (nSPS) is 17.4. The maximum Gasteiger partial charge on any atom is 0.311 e. The predicted octanol–water partition coefficient (Wildman–Crippen LogP) is 14.8. The van der Waals surface area contributed by atoms with Gasteiger partial charge in [0, 0.05) is 62.3 Å². The van der Waals surface area contributed by atoms with Crippen LogP contribution in [0.2, 0.25) is 0 Å². The Hall–Kier alpha value is -6.51. The summed E-state index contributed by atoms with van der Waals surface area (Å²) >= 11 is 5.26. The molecule has 2 amide bonds. The summed E-state index contributed by atoms with van der Waals surface area (Å²) in [5.41, 5.74) is -2.32. The number of halogens is 5. The first kappa shape index (κ1) is 73.5. The van der Waals surface area contributed by atoms with E-state index in [2.05, 4.69) is 13.8 Å². The van der Waals surface area contributed by atoms with Gasteiger partial charge in [-0.2, -0.15) is 0 Å². The molecule has 2 saturated heterocycles. The highest BCUT2D eigenvalue weighted by molar-refractivity contribution is 6.63. The number of carbonyl (C=O) groups is 6. The molecule has 2 aromatic heterocycles. The van der Waals surface area contributed by atoms with E-state index in [1.807, 2.05) is 13.8 Å². The lowest BCUT2D eigenvalue weighted by atomic mass is 10.0. The van der Waals surface area contributed by atoms with Crippen LogP contribution in [0.3, 0.4) is 0 Å². The number of aryl methyl sites for hydroxylation is 2. The van der Waals surface area contributed by atoms with Gasteiger partial charge in [-0.1, -0.05) is 154 Å². The van der Waals surface area contributed by atoms with Crippen molar-refractivity contribution in [2.24, 2.45) is 0 Å². The smallest absolute Gasteiger partial charge is 0.311 e. The topological polar surface area (TPSA) is 201 Å². The number of fused-ring (bicyclic) bond motifs is 4. The lowest BCUT2D eigenvalue weighted by Gasteiger charge is -2.44. The number of benzene rings is 2. The number of rotatable bonds is 33. The number of esters is 1. The van der Waals surface area contributed by atoms with E-state index in [0.29, 0.717) is 38.9 Å². The summed E-state index contributed by atoms with van der Waals surface area (Å²) in [5, 5.41) is 10.2. The molecule has 2 aromatic carbocycles. The molecule has 0 unspecified atom stereocenters. The molecule has 16 nitrogen and oxygen atoms in total. The molecule has 4 aliphatic heterocycles. The number of pyridine rings is 2. The highest BCUT2D eigenvalue weighted by atomic mass is 35.5. The van der Waals surface area contributed by atoms with Crippen molar-refractivity contribution in [3.8, 4) is 11.5 Å². The number of nitrogens with zero attached hydrogens (tertiary/aromatic N) is 4. The molecule has 4 aromatic rings. The van der Waals surface area contributed by atoms with Crippen LogP contribution in [0.1, 0.15) is 260 Å². The third kappa shape index (κ3) is 21.8. The average molecular weight is 1290 g/mol. The number of ether oxygens (including phenoxy) is 3. The highest BCUT2D eigenvalue weighted by Gasteiger charge is 2.43. The summed E-state index contributed by atoms with van der Waals surface area (Å²) in [5.74, 6) is -7.12. The van der Waals surface area contributed by atoms with Crippen LogP contribution >= 0.6 is 11.6 Å². The molecular weight excluding hydrogens is 1200 g/mol. The predicted molar refractivity (Wildman–Crippen MR) is 340 cm³/mol. The minimum Gasteiger partial charge on any atom is -0.503 e. The zero-order valence-corrected chi connectivity index (χ0v) is 54.3. The Morgan fingerprint density at radius 2 is 0.923 bits per heavy atom. The number of amides is 2. The van der Waals surface area contributed by atoms with Gasteiger partial charge in [-0.15, -0.1) is 0 Å². The van der Waals surface area contributed by atoms with Gasteiger partial charge in [0.2, 0.25) is 21.8 Å². The van der Waals surface area contributed by atoms with Crippen LogP contribution in [0.25, 0.3) is 0 Å². The first-order valence-electron chi connectivity index (χ1n) is 33.2. The van der Waals surface area contributed by atoms with Gasteiger partial charge in [-0.3, -0.25) is 38.4 Å². The fourth-order valence-electron chi connectivity index (χ4n) is 12.0. The van der Waals surface area contributed by atoms with Gasteiger partial charge in [-0.05, 0) is 87.2 Å². The van der Waals surface area contributed by atoms with E-state index in [4.69, 9.17) is 25.8 Å². The van der Waals surface area contributed by atoms with Crippen molar-refractivity contribution in [2.45, 2.75) is 258 Å². The molecule has 91 heavy (non-hydrogen) atoms. The number of aromatic nitrogens is 2. The Labute approximate surface area is 537 Å². The SMILES string of the molecule is CCCCCCCCCCCCCC(=O)Cl.CCCCCCCCCCCCCC(=O)Oc1c2n(cc(C(=O)CCc3ccc(F)cc3F)c1=O)C[C@H]1OCC[C@H](C)N1C2=O.C[C@H]1CCO[C@@H]2Cn3cc(C(=O)CCc4ccc(F)cc4F)c(=O)c(O)c3C(=O)N12. The quantitative estimate of drug-likeness (QED) is 0.0156. The Balaban J connectivity index is 0.000000245. The largest absolute Gasteiger partial charge is 0.503 e. The summed E-state index contributed by atoms with van der Waals surface area (Å²) in [6, 6.07) is 5.90. The maximum absolute atomic E-state index is 14.2. The summed E-state index contributed by atoms with van der Waals surface area (Å²) in [6.45, 7) is 9.49. The summed E-state index contributed by atoms with van der Waals surface area (Å²) in [4.78, 5) is 105. The second kappa shape index (κ2) is 37.9. The highest BCUT2D eigenvalue weighted by Crippen LogP contribution is 2.32. The van der Waals surface area contributed by atoms with E-state index in [1.165, 1.54) is 141 Å². The molecule has 0 radical (unpaired) electrons. The van der Waals surface area contributed by atoms with Gasteiger partial charge in [0.15, 0.2) is 41.2 Å². The van der Waals surface area contributed by atoms with Crippen LogP contribution in [-0.2, 0) is 45.0 Å². The molecule has 500 valence electrons. The van der Waals surface area contributed by atoms with Gasteiger partial charge in [0.05, 0.1) is 37.4 Å². The van der Waals surface area contributed by atoms with Crippen molar-refractivity contribution in [3.05, 3.63) is 126 Å². The van der Waals surface area contributed by atoms with E-state index >= 15 is 0 Å². The first-order valence-corrected chi connectivity index (χ1v) is 33.6. The number of carbonyl (C=O) groups excluding carboxylic acids is 6. The fraction of sp³-hybridized carbons (Fsp3) is 0.600. The second-order valence-corrected chi connectivity index (χ2v) is 24.9. The molecule has 6 heterocycles. The van der Waals surface area contributed by atoms with Crippen LogP contribution in [0.5, 0.6) is 11.5 Å². The van der Waals surface area contributed by atoms with Gasteiger partial charge < -0.3 is 38.3 Å². The summed E-state index contributed by atoms with van der Waals surface area (Å²) < 4.78 is 74.2. The third-order valence-electron chi connectivity index (χ3n) is 17.4. The van der Waals surface area contributed by atoms with Crippen LogP contribution in [0.4, 0.5) is 17.6 Å². The molecule has 0 aliphatic carbocycles. The molecule has 4 aliphatic rings. The number of Topliss-reactive ketones (excluding diaryl/α,β-unsaturated/α-hetero) is 2. The molecule has 1 N–H and O–H groups in total. The van der Waals surface area contributed by atoms with Gasteiger partial charge in [0.25, 0.3) is 11.8 Å². The minimum atomic E-state index is -0.941. The van der Waals surface area contributed by atoms with Crippen molar-refractivity contribution in [1.29, 1.82) is 0 Å². The molecule has 8 rings (SSSR count). The van der Waals surface area contributed by atoms with E-state index < -0.39 is 87.4 Å². The van der Waals surface area contributed by atoms with E-state index in [9.17, 15) is 61.0 Å². The molecule has 4 atom stereocenters. The first-order chi connectivity index (χ1) is 43.7. The van der Waals surface area contributed by atoms with Crippen LogP contribution in [0, 0.1) is 23.3 Å². The molecule has 0 bridgehead atoms. The lowest BCUT2D eigenvalue weighted by Crippen LogP contribution is -2.57. The van der Waals surface area contributed by atoms with Crippen LogP contribution < -0.4 is 15.6 Å². The van der Waals surface area contributed by atoms with E-state index in [1.54, 1.807) is 4.90 Å². The monoisotopic (exact) mass is 1290 g/mol. The number of hydrogen-bond donors (Lipinski definition) is 1. The molecule has 21 heteroatoms. The Morgan fingerprint density at radius 3 is 1.34 bits per heavy atom. The standard InChI is InChI=1S/C35H46F2N2O6.C21H20F2N2O5.C14H27ClO/c1-3-4-5-6-7-8-9-10-11-12-13-14-31(41)45-34-32-35(43)39-24(2)19-20-44-30(39)23-38(32)22-27(33(34)42)29(40)18-16-25-15-17-26(36)21-28(25)37;1-11-6-7-30-17-10-24-9-14(19(27)20(28)18(24)21(29)25(11)17)16(26)5-3-12-2-4-13(22)8-15(12)23;1-2-3-4-5-6-7-8-9-10-11-12-13-14(15)16/h15,17,21-22,24,30H,3-14,16,18-20,23H2,1-2H3;2,4,8-9,11,17,28H,3,5-7,10H2,1H3;2-13H2,1H3/t24-,30+;11-,17+;/m00./s1. The van der Waals surface area contributed by atoms with E-state index in [0.717, 1.165) is 56.4 Å². The van der Waals surface area contributed by atoms with Gasteiger partial charge in [0.1, 0.15) is 23.3 Å². The second-order valence-electron chi connectivity index (χ2n) is 24.5. The van der Waals surface area contributed by atoms with Crippen LogP contribution in [0.15, 0.2) is 58.4 Å².